The highest BCUT2D eigenvalue weighted by molar-refractivity contribution is 6.20. The third kappa shape index (κ3) is 2.41. The first-order chi connectivity index (χ1) is 6.75. The predicted molar refractivity (Wildman–Crippen MR) is 57.3 cm³/mol. The summed E-state index contributed by atoms with van der Waals surface area (Å²) in [6, 6.07) is 0. The van der Waals surface area contributed by atoms with Crippen LogP contribution < -0.4 is 5.32 Å². The van der Waals surface area contributed by atoms with E-state index in [0.717, 1.165) is 32.2 Å². The molecule has 1 N–H and O–H groups in total. The number of nitrogens with one attached hydrogen (secondary N) is 1. The molecule has 3 heteroatoms. The quantitative estimate of drug-likeness (QED) is 0.720. The monoisotopic (exact) mass is 215 g/mol. The highest BCUT2D eigenvalue weighted by Crippen LogP contribution is 2.29. The molecule has 0 radical (unpaired) electrons. The van der Waals surface area contributed by atoms with Crippen molar-refractivity contribution in [2.45, 2.75) is 43.9 Å². The molecule has 2 saturated carbocycles. The van der Waals surface area contributed by atoms with Crippen LogP contribution in [0.5, 0.6) is 0 Å². The van der Waals surface area contributed by atoms with E-state index in [4.69, 9.17) is 11.6 Å². The number of hydrogen-bond acceptors (Lipinski definition) is 1. The van der Waals surface area contributed by atoms with Crippen LogP contribution in [-0.4, -0.2) is 17.8 Å². The van der Waals surface area contributed by atoms with Gasteiger partial charge in [-0.1, -0.05) is 6.42 Å². The van der Waals surface area contributed by atoms with Gasteiger partial charge < -0.3 is 5.32 Å². The molecule has 2 rings (SSSR count). The molecule has 0 aromatic rings. The molecule has 1 amide bonds. The minimum atomic E-state index is 0.272. The summed E-state index contributed by atoms with van der Waals surface area (Å²) < 4.78 is 0. The van der Waals surface area contributed by atoms with Gasteiger partial charge in [0.15, 0.2) is 0 Å². The maximum Gasteiger partial charge on any atom is 0.223 e. The Morgan fingerprint density at radius 3 is 2.57 bits per heavy atom. The largest absolute Gasteiger partial charge is 0.356 e. The van der Waals surface area contributed by atoms with Crippen LogP contribution in [-0.2, 0) is 4.79 Å². The standard InChI is InChI=1S/C11H18ClNO/c12-10-5-4-8(6-10)7-13-11(14)9-2-1-3-9/h8-10H,1-7H2,(H,13,14). The zero-order chi connectivity index (χ0) is 9.97. The molecular formula is C11H18ClNO. The van der Waals surface area contributed by atoms with Gasteiger partial charge in [-0.2, -0.15) is 0 Å². The SMILES string of the molecule is O=C(NCC1CCC(Cl)C1)C1CCC1. The lowest BCUT2D eigenvalue weighted by Gasteiger charge is -2.24. The molecule has 0 saturated heterocycles. The zero-order valence-electron chi connectivity index (χ0n) is 8.47. The first-order valence-electron chi connectivity index (χ1n) is 5.67. The van der Waals surface area contributed by atoms with Crippen LogP contribution in [0.4, 0.5) is 0 Å². The van der Waals surface area contributed by atoms with E-state index in [-0.39, 0.29) is 5.91 Å². The molecule has 2 aliphatic rings. The molecule has 0 aliphatic heterocycles. The minimum Gasteiger partial charge on any atom is -0.356 e. The van der Waals surface area contributed by atoms with Gasteiger partial charge in [-0.3, -0.25) is 4.79 Å². The van der Waals surface area contributed by atoms with Gasteiger partial charge in [-0.15, -0.1) is 11.6 Å². The summed E-state index contributed by atoms with van der Waals surface area (Å²) in [5.74, 6) is 1.22. The number of alkyl halides is 1. The van der Waals surface area contributed by atoms with Crippen LogP contribution in [0.15, 0.2) is 0 Å². The van der Waals surface area contributed by atoms with Gasteiger partial charge in [-0.25, -0.2) is 0 Å². The summed E-state index contributed by atoms with van der Waals surface area (Å²) >= 11 is 6.01. The summed E-state index contributed by atoms with van der Waals surface area (Å²) in [7, 11) is 0. The van der Waals surface area contributed by atoms with Crippen molar-refractivity contribution in [3.8, 4) is 0 Å². The topological polar surface area (TPSA) is 29.1 Å². The number of amides is 1. The van der Waals surface area contributed by atoms with Crippen LogP contribution >= 0.6 is 11.6 Å². The molecule has 80 valence electrons. The van der Waals surface area contributed by atoms with Crippen molar-refractivity contribution in [1.29, 1.82) is 0 Å². The highest BCUT2D eigenvalue weighted by atomic mass is 35.5. The second-order valence-electron chi connectivity index (χ2n) is 4.65. The van der Waals surface area contributed by atoms with Crippen molar-refractivity contribution < 1.29 is 4.79 Å². The summed E-state index contributed by atoms with van der Waals surface area (Å²) in [5.41, 5.74) is 0. The van der Waals surface area contributed by atoms with Crippen molar-refractivity contribution in [2.75, 3.05) is 6.54 Å². The van der Waals surface area contributed by atoms with E-state index in [0.29, 0.717) is 17.2 Å². The van der Waals surface area contributed by atoms with Crippen molar-refractivity contribution >= 4 is 17.5 Å². The fourth-order valence-corrected chi connectivity index (χ4v) is 2.64. The number of carbonyl (C=O) groups excluding carboxylic acids is 1. The van der Waals surface area contributed by atoms with Gasteiger partial charge in [0.2, 0.25) is 5.91 Å². The van der Waals surface area contributed by atoms with Crippen LogP contribution in [0, 0.1) is 11.8 Å². The van der Waals surface area contributed by atoms with E-state index >= 15 is 0 Å². The van der Waals surface area contributed by atoms with Crippen LogP contribution in [0.1, 0.15) is 38.5 Å². The summed E-state index contributed by atoms with van der Waals surface area (Å²) in [5, 5.41) is 3.40. The van der Waals surface area contributed by atoms with Crippen molar-refractivity contribution in [1.82, 2.24) is 5.32 Å². The Labute approximate surface area is 90.4 Å². The number of halogens is 1. The maximum absolute atomic E-state index is 11.5. The van der Waals surface area contributed by atoms with E-state index in [9.17, 15) is 4.79 Å². The van der Waals surface area contributed by atoms with Gasteiger partial charge in [-0.05, 0) is 38.0 Å². The normalized spacial score (nSPS) is 32.6. The van der Waals surface area contributed by atoms with E-state index in [1.165, 1.54) is 12.8 Å². The van der Waals surface area contributed by atoms with Gasteiger partial charge >= 0.3 is 0 Å². The highest BCUT2D eigenvalue weighted by Gasteiger charge is 2.27. The molecule has 2 unspecified atom stereocenters. The molecule has 0 bridgehead atoms. The zero-order valence-corrected chi connectivity index (χ0v) is 9.22. The molecule has 2 nitrogen and oxygen atoms in total. The van der Waals surface area contributed by atoms with Crippen LogP contribution in [0.2, 0.25) is 0 Å². The predicted octanol–water partition coefficient (Wildman–Crippen LogP) is 2.31. The second-order valence-corrected chi connectivity index (χ2v) is 5.27. The van der Waals surface area contributed by atoms with Crippen LogP contribution in [0.25, 0.3) is 0 Å². The summed E-state index contributed by atoms with van der Waals surface area (Å²) in [6.07, 6.45) is 6.78. The fourth-order valence-electron chi connectivity index (χ4n) is 2.26. The van der Waals surface area contributed by atoms with E-state index in [2.05, 4.69) is 5.32 Å². The third-order valence-corrected chi connectivity index (χ3v) is 3.91. The van der Waals surface area contributed by atoms with E-state index < -0.39 is 0 Å². The summed E-state index contributed by atoms with van der Waals surface area (Å²) in [6.45, 7) is 0.846. The molecule has 14 heavy (non-hydrogen) atoms. The Kier molecular flexibility index (Phi) is 3.32. The van der Waals surface area contributed by atoms with Crippen molar-refractivity contribution in [2.24, 2.45) is 11.8 Å². The molecular weight excluding hydrogens is 198 g/mol. The molecule has 0 spiro atoms. The fraction of sp³-hybridized carbons (Fsp3) is 0.909. The average molecular weight is 216 g/mol. The molecule has 0 heterocycles. The van der Waals surface area contributed by atoms with Gasteiger partial charge in [0.05, 0.1) is 0 Å². The summed E-state index contributed by atoms with van der Waals surface area (Å²) in [4.78, 5) is 11.5. The molecule has 0 aromatic carbocycles. The lowest BCUT2D eigenvalue weighted by molar-refractivity contribution is -0.127. The smallest absolute Gasteiger partial charge is 0.223 e. The number of carbonyl (C=O) groups is 1. The Morgan fingerprint density at radius 1 is 1.29 bits per heavy atom. The average Bonchev–Trinajstić information content (AvgIpc) is 2.45. The van der Waals surface area contributed by atoms with E-state index in [1.54, 1.807) is 0 Å². The van der Waals surface area contributed by atoms with Gasteiger partial charge in [0, 0.05) is 17.8 Å². The number of hydrogen-bond donors (Lipinski definition) is 1. The molecule has 2 atom stereocenters. The Balaban J connectivity index is 1.64. The molecule has 0 aromatic heterocycles. The first kappa shape index (κ1) is 10.3. The van der Waals surface area contributed by atoms with Crippen molar-refractivity contribution in [3.05, 3.63) is 0 Å². The Hall–Kier alpha value is -0.240. The van der Waals surface area contributed by atoms with Gasteiger partial charge in [0.25, 0.3) is 0 Å². The molecule has 2 aliphatic carbocycles. The number of rotatable bonds is 3. The van der Waals surface area contributed by atoms with Crippen molar-refractivity contribution in [3.63, 3.8) is 0 Å². The Morgan fingerprint density at radius 2 is 2.07 bits per heavy atom. The second kappa shape index (κ2) is 4.52. The maximum atomic E-state index is 11.5. The lowest BCUT2D eigenvalue weighted by Crippen LogP contribution is -2.36. The van der Waals surface area contributed by atoms with Gasteiger partial charge in [0.1, 0.15) is 0 Å². The minimum absolute atomic E-state index is 0.272. The lowest BCUT2D eigenvalue weighted by atomic mass is 9.85. The first-order valence-corrected chi connectivity index (χ1v) is 6.11. The van der Waals surface area contributed by atoms with Crippen LogP contribution in [0.3, 0.4) is 0 Å². The molecule has 2 fully saturated rings. The Bertz CT molecular complexity index is 215. The third-order valence-electron chi connectivity index (χ3n) is 3.52. The van der Waals surface area contributed by atoms with E-state index in [1.807, 2.05) is 0 Å².